The van der Waals surface area contributed by atoms with Gasteiger partial charge in [-0.15, -0.1) is 11.8 Å². The lowest BCUT2D eigenvalue weighted by molar-refractivity contribution is 0.594. The van der Waals surface area contributed by atoms with Crippen molar-refractivity contribution in [1.29, 1.82) is 0 Å². The Kier molecular flexibility index (Phi) is 5.42. The van der Waals surface area contributed by atoms with Crippen LogP contribution in [0, 0.1) is 5.82 Å². The molecule has 1 rings (SSSR count). The molecule has 1 aromatic rings. The number of rotatable bonds is 6. The smallest absolute Gasteiger partial charge is 0.147 e. The molecule has 0 bridgehead atoms. The van der Waals surface area contributed by atoms with Crippen LogP contribution in [0.1, 0.15) is 6.42 Å². The first-order valence-corrected chi connectivity index (χ1v) is 8.23. The molecule has 0 aliphatic rings. The van der Waals surface area contributed by atoms with E-state index in [9.17, 15) is 12.8 Å². The highest BCUT2D eigenvalue weighted by Crippen LogP contribution is 2.19. The summed E-state index contributed by atoms with van der Waals surface area (Å²) < 4.78 is 34.8. The van der Waals surface area contributed by atoms with Gasteiger partial charge >= 0.3 is 0 Å². The minimum absolute atomic E-state index is 0.0951. The first-order valence-electron chi connectivity index (χ1n) is 5.18. The molecule has 17 heavy (non-hydrogen) atoms. The van der Waals surface area contributed by atoms with Crippen molar-refractivity contribution < 1.29 is 12.8 Å². The Morgan fingerprint density at radius 2 is 2.18 bits per heavy atom. The van der Waals surface area contributed by atoms with E-state index in [1.54, 1.807) is 12.1 Å². The molecule has 0 aliphatic heterocycles. The molecular formula is C11H16FNO2S2. The van der Waals surface area contributed by atoms with Crippen LogP contribution in [0.25, 0.3) is 0 Å². The van der Waals surface area contributed by atoms with Crippen LogP contribution in [0.2, 0.25) is 0 Å². The molecule has 0 heterocycles. The van der Waals surface area contributed by atoms with Gasteiger partial charge in [0.05, 0.1) is 5.75 Å². The van der Waals surface area contributed by atoms with Gasteiger partial charge in [-0.2, -0.15) is 0 Å². The van der Waals surface area contributed by atoms with Gasteiger partial charge in [-0.1, -0.05) is 6.07 Å². The van der Waals surface area contributed by atoms with E-state index in [1.807, 2.05) is 0 Å². The Bertz CT molecular complexity index is 462. The van der Waals surface area contributed by atoms with E-state index >= 15 is 0 Å². The standard InChI is InChI=1S/C11H16FNO2S2/c1-17(14,15)6-5-10(13)8-16-11-4-2-3-9(12)7-11/h2-4,7,10H,5-6,8,13H2,1H3. The second-order valence-corrected chi connectivity index (χ2v) is 7.30. The minimum atomic E-state index is -2.96. The molecule has 0 saturated carbocycles. The maximum absolute atomic E-state index is 12.9. The van der Waals surface area contributed by atoms with E-state index in [1.165, 1.54) is 30.2 Å². The molecule has 0 saturated heterocycles. The predicted molar refractivity (Wildman–Crippen MR) is 69.4 cm³/mol. The van der Waals surface area contributed by atoms with Gasteiger partial charge in [0.25, 0.3) is 0 Å². The van der Waals surface area contributed by atoms with Gasteiger partial charge < -0.3 is 5.73 Å². The van der Waals surface area contributed by atoms with Crippen molar-refractivity contribution in [1.82, 2.24) is 0 Å². The Morgan fingerprint density at radius 3 is 2.76 bits per heavy atom. The Labute approximate surface area is 106 Å². The van der Waals surface area contributed by atoms with E-state index in [0.717, 1.165) is 4.90 Å². The van der Waals surface area contributed by atoms with Crippen molar-refractivity contribution in [3.8, 4) is 0 Å². The highest BCUT2D eigenvalue weighted by atomic mass is 32.2. The van der Waals surface area contributed by atoms with Gasteiger partial charge in [0.1, 0.15) is 15.7 Å². The van der Waals surface area contributed by atoms with Crippen LogP contribution in [-0.4, -0.2) is 32.2 Å². The number of halogens is 1. The number of hydrogen-bond acceptors (Lipinski definition) is 4. The summed E-state index contributed by atoms with van der Waals surface area (Å²) in [6, 6.07) is 6.07. The summed E-state index contributed by atoms with van der Waals surface area (Å²) in [5.74, 6) is 0.399. The zero-order valence-corrected chi connectivity index (χ0v) is 11.2. The molecule has 1 atom stereocenters. The largest absolute Gasteiger partial charge is 0.327 e. The molecule has 6 heteroatoms. The summed E-state index contributed by atoms with van der Waals surface area (Å²) in [6.45, 7) is 0. The van der Waals surface area contributed by atoms with Gasteiger partial charge in [-0.25, -0.2) is 12.8 Å². The summed E-state index contributed by atoms with van der Waals surface area (Å²) >= 11 is 1.43. The first-order chi connectivity index (χ1) is 7.87. The highest BCUT2D eigenvalue weighted by Gasteiger charge is 2.08. The van der Waals surface area contributed by atoms with E-state index in [2.05, 4.69) is 0 Å². The molecule has 1 aromatic carbocycles. The second-order valence-electron chi connectivity index (χ2n) is 3.95. The predicted octanol–water partition coefficient (Wildman–Crippen LogP) is 1.68. The van der Waals surface area contributed by atoms with Crippen LogP contribution in [-0.2, 0) is 9.84 Å². The lowest BCUT2D eigenvalue weighted by Crippen LogP contribution is -2.25. The molecule has 0 fully saturated rings. The third-order valence-electron chi connectivity index (χ3n) is 2.12. The maximum Gasteiger partial charge on any atom is 0.147 e. The normalized spacial score (nSPS) is 13.6. The molecule has 0 radical (unpaired) electrons. The van der Waals surface area contributed by atoms with Crippen molar-refractivity contribution in [3.05, 3.63) is 30.1 Å². The van der Waals surface area contributed by atoms with Crippen LogP contribution in [0.3, 0.4) is 0 Å². The van der Waals surface area contributed by atoms with Crippen molar-refractivity contribution in [3.63, 3.8) is 0 Å². The third kappa shape index (κ3) is 6.65. The van der Waals surface area contributed by atoms with Crippen molar-refractivity contribution in [2.75, 3.05) is 17.8 Å². The van der Waals surface area contributed by atoms with E-state index in [4.69, 9.17) is 5.73 Å². The van der Waals surface area contributed by atoms with Gasteiger partial charge in [0.2, 0.25) is 0 Å². The van der Waals surface area contributed by atoms with Gasteiger partial charge in [-0.05, 0) is 24.6 Å². The van der Waals surface area contributed by atoms with E-state index < -0.39 is 9.84 Å². The number of nitrogens with two attached hydrogens (primary N) is 1. The molecule has 0 spiro atoms. The average Bonchev–Trinajstić information content (AvgIpc) is 2.23. The van der Waals surface area contributed by atoms with Gasteiger partial charge in [0.15, 0.2) is 0 Å². The Hall–Kier alpha value is -0.590. The fourth-order valence-electron chi connectivity index (χ4n) is 1.21. The molecule has 1 unspecified atom stereocenters. The zero-order chi connectivity index (χ0) is 12.9. The van der Waals surface area contributed by atoms with E-state index in [0.29, 0.717) is 12.2 Å². The van der Waals surface area contributed by atoms with Crippen LogP contribution < -0.4 is 5.73 Å². The number of benzene rings is 1. The topological polar surface area (TPSA) is 60.2 Å². The molecule has 2 N–H and O–H groups in total. The summed E-state index contributed by atoms with van der Waals surface area (Å²) in [6.07, 6.45) is 1.63. The molecule has 0 aromatic heterocycles. The Balaban J connectivity index is 2.36. The van der Waals surface area contributed by atoms with Crippen LogP contribution in [0.5, 0.6) is 0 Å². The summed E-state index contributed by atoms with van der Waals surface area (Å²) in [5.41, 5.74) is 5.79. The SMILES string of the molecule is CS(=O)(=O)CCC(N)CSc1cccc(F)c1. The summed E-state index contributed by atoms with van der Waals surface area (Å²) in [4.78, 5) is 0.805. The fraction of sp³-hybridized carbons (Fsp3) is 0.455. The quantitative estimate of drug-likeness (QED) is 0.804. The van der Waals surface area contributed by atoms with Crippen molar-refractivity contribution in [2.45, 2.75) is 17.4 Å². The maximum atomic E-state index is 12.9. The van der Waals surface area contributed by atoms with Crippen molar-refractivity contribution in [2.24, 2.45) is 5.73 Å². The van der Waals surface area contributed by atoms with Crippen LogP contribution in [0.15, 0.2) is 29.2 Å². The number of thioether (sulfide) groups is 1. The Morgan fingerprint density at radius 1 is 1.47 bits per heavy atom. The molecule has 96 valence electrons. The molecular weight excluding hydrogens is 261 g/mol. The van der Waals surface area contributed by atoms with Gasteiger partial charge in [-0.3, -0.25) is 0 Å². The molecule has 3 nitrogen and oxygen atoms in total. The van der Waals surface area contributed by atoms with E-state index in [-0.39, 0.29) is 17.6 Å². The van der Waals surface area contributed by atoms with Gasteiger partial charge in [0, 0.05) is 22.9 Å². The molecule has 0 aliphatic carbocycles. The van der Waals surface area contributed by atoms with Crippen molar-refractivity contribution >= 4 is 21.6 Å². The average molecular weight is 277 g/mol. The first kappa shape index (κ1) is 14.5. The van der Waals surface area contributed by atoms with Crippen LogP contribution in [0.4, 0.5) is 4.39 Å². The third-order valence-corrected chi connectivity index (χ3v) is 4.28. The zero-order valence-electron chi connectivity index (χ0n) is 9.60. The second kappa shape index (κ2) is 6.37. The number of sulfone groups is 1. The highest BCUT2D eigenvalue weighted by molar-refractivity contribution is 7.99. The molecule has 0 amide bonds. The van der Waals surface area contributed by atoms with Crippen LogP contribution >= 0.6 is 11.8 Å². The lowest BCUT2D eigenvalue weighted by Gasteiger charge is -2.10. The summed E-state index contributed by atoms with van der Waals surface area (Å²) in [7, 11) is -2.96. The number of hydrogen-bond donors (Lipinski definition) is 1. The lowest BCUT2D eigenvalue weighted by atomic mass is 10.3. The monoisotopic (exact) mass is 277 g/mol. The fourth-order valence-corrected chi connectivity index (χ4v) is 2.88. The summed E-state index contributed by atoms with van der Waals surface area (Å²) in [5, 5.41) is 0. The minimum Gasteiger partial charge on any atom is -0.327 e.